The summed E-state index contributed by atoms with van der Waals surface area (Å²) < 4.78 is 5.66. The second kappa shape index (κ2) is 9.27. The largest absolute Gasteiger partial charge is 0.359 e. The first-order chi connectivity index (χ1) is 15.0. The first-order valence-corrected chi connectivity index (χ1v) is 10.7. The lowest BCUT2D eigenvalue weighted by Gasteiger charge is -2.26. The Morgan fingerprint density at radius 3 is 2.45 bits per heavy atom. The van der Waals surface area contributed by atoms with Gasteiger partial charge in [0, 0.05) is 17.3 Å². The van der Waals surface area contributed by atoms with Crippen LogP contribution in [0.1, 0.15) is 48.3 Å². The van der Waals surface area contributed by atoms with Crippen LogP contribution in [0.5, 0.6) is 0 Å². The van der Waals surface area contributed by atoms with Gasteiger partial charge in [-0.25, -0.2) is 4.98 Å². The average molecular weight is 417 g/mol. The van der Waals surface area contributed by atoms with Crippen molar-refractivity contribution in [3.63, 3.8) is 0 Å². The number of ether oxygens (including phenoxy) is 1. The Morgan fingerprint density at radius 2 is 1.74 bits per heavy atom. The van der Waals surface area contributed by atoms with Crippen LogP contribution in [0.2, 0.25) is 0 Å². The third kappa shape index (κ3) is 4.75. The van der Waals surface area contributed by atoms with Gasteiger partial charge in [-0.15, -0.1) is 0 Å². The lowest BCUT2D eigenvalue weighted by molar-refractivity contribution is 0.103. The van der Waals surface area contributed by atoms with Gasteiger partial charge in [0.25, 0.3) is 0 Å². The Hall–Kier alpha value is -3.25. The molecule has 0 saturated carbocycles. The molecule has 1 aliphatic rings. The summed E-state index contributed by atoms with van der Waals surface area (Å²) >= 11 is 0. The molecule has 1 fully saturated rings. The van der Waals surface area contributed by atoms with Crippen LogP contribution >= 0.6 is 0 Å². The van der Waals surface area contributed by atoms with Crippen molar-refractivity contribution in [2.75, 3.05) is 23.6 Å². The van der Waals surface area contributed by atoms with Crippen LogP contribution < -0.4 is 10.2 Å². The minimum atomic E-state index is -0.00755. The number of ketones is 1. The first-order valence-electron chi connectivity index (χ1n) is 10.7. The van der Waals surface area contributed by atoms with Gasteiger partial charge in [-0.3, -0.25) is 4.79 Å². The highest BCUT2D eigenvalue weighted by molar-refractivity contribution is 6.08. The topological polar surface area (TPSA) is 67.3 Å². The van der Waals surface area contributed by atoms with Crippen LogP contribution in [0, 0.1) is 5.92 Å². The smallest absolute Gasteiger partial charge is 0.225 e. The zero-order chi connectivity index (χ0) is 21.8. The van der Waals surface area contributed by atoms with Gasteiger partial charge in [0.15, 0.2) is 5.78 Å². The number of carbonyl (C=O) groups is 1. The van der Waals surface area contributed by atoms with Crippen molar-refractivity contribution in [2.24, 2.45) is 5.92 Å². The Bertz CT molecular complexity index is 1020. The molecule has 3 aromatic rings. The molecule has 0 radical (unpaired) electrons. The molecular weight excluding hydrogens is 388 g/mol. The number of rotatable bonds is 7. The van der Waals surface area contributed by atoms with Crippen molar-refractivity contribution in [1.82, 2.24) is 9.97 Å². The van der Waals surface area contributed by atoms with Gasteiger partial charge in [-0.2, -0.15) is 4.98 Å². The van der Waals surface area contributed by atoms with E-state index in [9.17, 15) is 4.79 Å². The monoisotopic (exact) mass is 416 g/mol. The molecule has 0 bridgehead atoms. The second-order valence-electron chi connectivity index (χ2n) is 8.20. The van der Waals surface area contributed by atoms with Gasteiger partial charge >= 0.3 is 0 Å². The molecule has 1 N–H and O–H groups in total. The van der Waals surface area contributed by atoms with E-state index in [0.717, 1.165) is 18.0 Å². The Balaban J connectivity index is 1.45. The molecule has 160 valence electrons. The number of hydrogen-bond acceptors (Lipinski definition) is 6. The second-order valence-corrected chi connectivity index (χ2v) is 8.20. The minimum Gasteiger partial charge on any atom is -0.359 e. The Labute approximate surface area is 183 Å². The predicted octanol–water partition coefficient (Wildman–Crippen LogP) is 4.70. The summed E-state index contributed by atoms with van der Waals surface area (Å²) in [7, 11) is 0. The summed E-state index contributed by atoms with van der Waals surface area (Å²) in [4.78, 5) is 23.9. The van der Waals surface area contributed by atoms with E-state index in [2.05, 4.69) is 36.0 Å². The number of benzene rings is 2. The van der Waals surface area contributed by atoms with E-state index in [1.54, 1.807) is 6.20 Å². The molecule has 0 aliphatic carbocycles. The minimum absolute atomic E-state index is 0.00755. The number of hydrogen-bond donors (Lipinski definition) is 1. The van der Waals surface area contributed by atoms with E-state index in [1.165, 1.54) is 0 Å². The van der Waals surface area contributed by atoms with E-state index < -0.39 is 0 Å². The molecule has 2 heterocycles. The summed E-state index contributed by atoms with van der Waals surface area (Å²) in [6.45, 7) is 7.71. The highest BCUT2D eigenvalue weighted by Crippen LogP contribution is 2.25. The summed E-state index contributed by atoms with van der Waals surface area (Å²) in [6, 6.07) is 19.2. The molecule has 31 heavy (non-hydrogen) atoms. The number of nitrogens with one attached hydrogen (secondary N) is 1. The van der Waals surface area contributed by atoms with Crippen LogP contribution in [0.3, 0.4) is 0 Å². The molecule has 6 nitrogen and oxygen atoms in total. The molecule has 0 unspecified atom stereocenters. The third-order valence-corrected chi connectivity index (χ3v) is 5.68. The summed E-state index contributed by atoms with van der Waals surface area (Å²) in [5.41, 5.74) is 2.43. The molecule has 1 saturated heterocycles. The van der Waals surface area contributed by atoms with Crippen LogP contribution in [0.25, 0.3) is 0 Å². The Kier molecular flexibility index (Phi) is 6.28. The maximum atomic E-state index is 12.6. The lowest BCUT2D eigenvalue weighted by atomic mass is 10.0. The number of nitrogens with zero attached hydrogens (tertiary/aromatic N) is 3. The fourth-order valence-corrected chi connectivity index (χ4v) is 3.78. The molecule has 0 amide bonds. The van der Waals surface area contributed by atoms with Crippen molar-refractivity contribution in [1.29, 1.82) is 0 Å². The van der Waals surface area contributed by atoms with Gasteiger partial charge in [0.05, 0.1) is 18.7 Å². The highest BCUT2D eigenvalue weighted by Gasteiger charge is 2.29. The standard InChI is InChI=1S/C25H28N4O2/c1-17(2)22-15-31-16-29(22)23-13-14-26-25(28-23)27-18(3)19-9-11-21(12-10-19)24(30)20-7-5-4-6-8-20/h4-14,17-18,22H,15-16H2,1-3H3,(H,26,27,28)/t18-,22+/m0/s1. The van der Waals surface area contributed by atoms with Crippen molar-refractivity contribution < 1.29 is 9.53 Å². The molecule has 1 aromatic heterocycles. The quantitative estimate of drug-likeness (QED) is 0.563. The fourth-order valence-electron chi connectivity index (χ4n) is 3.78. The van der Waals surface area contributed by atoms with Crippen molar-refractivity contribution in [3.8, 4) is 0 Å². The zero-order valence-electron chi connectivity index (χ0n) is 18.2. The Morgan fingerprint density at radius 1 is 1.03 bits per heavy atom. The van der Waals surface area contributed by atoms with Gasteiger partial charge < -0.3 is 15.0 Å². The summed E-state index contributed by atoms with van der Waals surface area (Å²) in [5, 5.41) is 3.37. The van der Waals surface area contributed by atoms with Crippen molar-refractivity contribution >= 4 is 17.5 Å². The number of aromatic nitrogens is 2. The van der Waals surface area contributed by atoms with E-state index in [4.69, 9.17) is 9.72 Å². The average Bonchev–Trinajstić information content (AvgIpc) is 3.30. The predicted molar refractivity (Wildman–Crippen MR) is 122 cm³/mol. The highest BCUT2D eigenvalue weighted by atomic mass is 16.5. The van der Waals surface area contributed by atoms with E-state index in [-0.39, 0.29) is 11.8 Å². The maximum Gasteiger partial charge on any atom is 0.225 e. The van der Waals surface area contributed by atoms with Gasteiger partial charge in [0.1, 0.15) is 12.5 Å². The van der Waals surface area contributed by atoms with E-state index >= 15 is 0 Å². The molecule has 2 atom stereocenters. The maximum absolute atomic E-state index is 12.6. The molecule has 1 aliphatic heterocycles. The van der Waals surface area contributed by atoms with Crippen LogP contribution in [0.4, 0.5) is 11.8 Å². The third-order valence-electron chi connectivity index (χ3n) is 5.68. The summed E-state index contributed by atoms with van der Waals surface area (Å²) in [5.74, 6) is 1.94. The SMILES string of the molecule is CC(C)[C@H]1COCN1c1ccnc(N[C@@H](C)c2ccc(C(=O)c3ccccc3)cc2)n1. The fraction of sp³-hybridized carbons (Fsp3) is 0.320. The van der Waals surface area contributed by atoms with E-state index in [0.29, 0.717) is 35.8 Å². The van der Waals surface area contributed by atoms with Gasteiger partial charge in [0.2, 0.25) is 5.95 Å². The normalized spacial score (nSPS) is 17.0. The molecule has 4 rings (SSSR count). The van der Waals surface area contributed by atoms with Crippen LogP contribution in [-0.4, -0.2) is 35.1 Å². The number of carbonyl (C=O) groups excluding carboxylic acids is 1. The zero-order valence-corrected chi connectivity index (χ0v) is 18.2. The molecule has 2 aromatic carbocycles. The van der Waals surface area contributed by atoms with Gasteiger partial charge in [-0.1, -0.05) is 68.4 Å². The first kappa shape index (κ1) is 21.0. The van der Waals surface area contributed by atoms with Crippen molar-refractivity contribution in [2.45, 2.75) is 32.9 Å². The molecular formula is C25H28N4O2. The summed E-state index contributed by atoms with van der Waals surface area (Å²) in [6.07, 6.45) is 1.77. The number of anilines is 2. The lowest BCUT2D eigenvalue weighted by Crippen LogP contribution is -2.35. The van der Waals surface area contributed by atoms with Gasteiger partial charge in [-0.05, 0) is 24.5 Å². The molecule has 6 heteroatoms. The van der Waals surface area contributed by atoms with Crippen LogP contribution in [-0.2, 0) is 4.74 Å². The van der Waals surface area contributed by atoms with Crippen LogP contribution in [0.15, 0.2) is 66.9 Å². The van der Waals surface area contributed by atoms with E-state index in [1.807, 2.05) is 60.7 Å². The molecule has 0 spiro atoms. The van der Waals surface area contributed by atoms with Crippen molar-refractivity contribution in [3.05, 3.63) is 83.6 Å².